The van der Waals surface area contributed by atoms with Crippen LogP contribution in [0.1, 0.15) is 40.5 Å². The Labute approximate surface area is 113 Å². The summed E-state index contributed by atoms with van der Waals surface area (Å²) in [5.74, 6) is 0.239. The first-order valence-corrected chi connectivity index (χ1v) is 7.13. The maximum atomic E-state index is 11.3. The molecule has 0 bridgehead atoms. The molecule has 2 N–H and O–H groups in total. The molecule has 0 spiro atoms. The number of carbonyl (C=O) groups excluding carboxylic acids is 1. The van der Waals surface area contributed by atoms with Crippen LogP contribution in [0.4, 0.5) is 0 Å². The predicted molar refractivity (Wildman–Crippen MR) is 77.7 cm³/mol. The van der Waals surface area contributed by atoms with Crippen molar-refractivity contribution in [3.05, 3.63) is 0 Å². The highest BCUT2D eigenvalue weighted by Gasteiger charge is 2.05. The van der Waals surface area contributed by atoms with Gasteiger partial charge in [-0.3, -0.25) is 4.79 Å². The van der Waals surface area contributed by atoms with E-state index in [-0.39, 0.29) is 11.8 Å². The van der Waals surface area contributed by atoms with Crippen molar-refractivity contribution in [3.63, 3.8) is 0 Å². The van der Waals surface area contributed by atoms with Gasteiger partial charge in [-0.15, -0.1) is 0 Å². The topological polar surface area (TPSA) is 44.4 Å². The van der Waals surface area contributed by atoms with E-state index in [1.165, 1.54) is 6.42 Å². The molecule has 4 heteroatoms. The standard InChI is InChI=1S/C14H31N3O/c1-12(2)14(18)16-9-7-11-17(5)10-6-8-15-13(3)4/h12-13,15H,6-11H2,1-5H3,(H,16,18). The lowest BCUT2D eigenvalue weighted by atomic mass is 10.2. The van der Waals surface area contributed by atoms with E-state index >= 15 is 0 Å². The molecule has 0 aromatic rings. The lowest BCUT2D eigenvalue weighted by Crippen LogP contribution is -2.32. The average molecular weight is 257 g/mol. The smallest absolute Gasteiger partial charge is 0.222 e. The van der Waals surface area contributed by atoms with Crippen LogP contribution in [0.2, 0.25) is 0 Å². The molecule has 0 unspecified atom stereocenters. The van der Waals surface area contributed by atoms with E-state index in [0.717, 1.165) is 32.6 Å². The highest BCUT2D eigenvalue weighted by atomic mass is 16.1. The minimum atomic E-state index is 0.0878. The fourth-order valence-corrected chi connectivity index (χ4v) is 1.62. The van der Waals surface area contributed by atoms with Gasteiger partial charge in [0.25, 0.3) is 0 Å². The summed E-state index contributed by atoms with van der Waals surface area (Å²) in [5.41, 5.74) is 0. The van der Waals surface area contributed by atoms with Gasteiger partial charge in [-0.05, 0) is 39.5 Å². The van der Waals surface area contributed by atoms with Crippen LogP contribution >= 0.6 is 0 Å². The third kappa shape index (κ3) is 10.5. The van der Waals surface area contributed by atoms with Crippen molar-refractivity contribution >= 4 is 5.91 Å². The molecule has 0 saturated carbocycles. The van der Waals surface area contributed by atoms with Crippen molar-refractivity contribution in [1.82, 2.24) is 15.5 Å². The van der Waals surface area contributed by atoms with E-state index in [2.05, 4.69) is 36.4 Å². The zero-order chi connectivity index (χ0) is 14.0. The normalized spacial score (nSPS) is 11.6. The van der Waals surface area contributed by atoms with Gasteiger partial charge in [0.15, 0.2) is 0 Å². The van der Waals surface area contributed by atoms with E-state index in [1.54, 1.807) is 0 Å². The summed E-state index contributed by atoms with van der Waals surface area (Å²) in [5, 5.41) is 6.35. The van der Waals surface area contributed by atoms with Crippen LogP contribution in [0, 0.1) is 5.92 Å². The Hall–Kier alpha value is -0.610. The quantitative estimate of drug-likeness (QED) is 0.583. The maximum Gasteiger partial charge on any atom is 0.222 e. The van der Waals surface area contributed by atoms with Crippen LogP contribution < -0.4 is 10.6 Å². The molecule has 0 saturated heterocycles. The van der Waals surface area contributed by atoms with Crippen molar-refractivity contribution in [2.75, 3.05) is 33.2 Å². The van der Waals surface area contributed by atoms with Gasteiger partial charge in [-0.2, -0.15) is 0 Å². The number of carbonyl (C=O) groups is 1. The largest absolute Gasteiger partial charge is 0.356 e. The fourth-order valence-electron chi connectivity index (χ4n) is 1.62. The Bertz CT molecular complexity index is 217. The van der Waals surface area contributed by atoms with Crippen molar-refractivity contribution in [3.8, 4) is 0 Å². The van der Waals surface area contributed by atoms with Gasteiger partial charge in [0.05, 0.1) is 0 Å². The maximum absolute atomic E-state index is 11.3. The number of nitrogens with zero attached hydrogens (tertiary/aromatic N) is 1. The van der Waals surface area contributed by atoms with Crippen molar-refractivity contribution < 1.29 is 4.79 Å². The number of rotatable bonds is 10. The molecule has 1 amide bonds. The van der Waals surface area contributed by atoms with Gasteiger partial charge in [-0.25, -0.2) is 0 Å². The average Bonchev–Trinajstić information content (AvgIpc) is 2.29. The van der Waals surface area contributed by atoms with Crippen molar-refractivity contribution in [2.45, 2.75) is 46.6 Å². The SMILES string of the molecule is CC(C)NCCCN(C)CCCNC(=O)C(C)C. The molecule has 108 valence electrons. The molecular formula is C14H31N3O. The van der Waals surface area contributed by atoms with Crippen LogP contribution in [0.5, 0.6) is 0 Å². The Morgan fingerprint density at radius 1 is 1.06 bits per heavy atom. The lowest BCUT2D eigenvalue weighted by molar-refractivity contribution is -0.123. The van der Waals surface area contributed by atoms with E-state index in [0.29, 0.717) is 6.04 Å². The van der Waals surface area contributed by atoms with E-state index in [1.807, 2.05) is 13.8 Å². The van der Waals surface area contributed by atoms with Gasteiger partial charge >= 0.3 is 0 Å². The number of hydrogen-bond donors (Lipinski definition) is 2. The zero-order valence-corrected chi connectivity index (χ0v) is 12.8. The molecule has 0 aliphatic carbocycles. The minimum absolute atomic E-state index is 0.0878. The summed E-state index contributed by atoms with van der Waals surface area (Å²) in [6.07, 6.45) is 2.19. The van der Waals surface area contributed by atoms with Crippen molar-refractivity contribution in [2.24, 2.45) is 5.92 Å². The molecule has 4 nitrogen and oxygen atoms in total. The summed E-state index contributed by atoms with van der Waals surface area (Å²) < 4.78 is 0. The second-order valence-electron chi connectivity index (χ2n) is 5.56. The number of hydrogen-bond acceptors (Lipinski definition) is 3. The number of nitrogens with one attached hydrogen (secondary N) is 2. The van der Waals surface area contributed by atoms with Crippen LogP contribution in [0.15, 0.2) is 0 Å². The molecule has 0 aromatic carbocycles. The van der Waals surface area contributed by atoms with E-state index in [4.69, 9.17) is 0 Å². The monoisotopic (exact) mass is 257 g/mol. The lowest BCUT2D eigenvalue weighted by Gasteiger charge is -2.17. The molecule has 18 heavy (non-hydrogen) atoms. The summed E-state index contributed by atoms with van der Waals surface area (Å²) in [6, 6.07) is 0.571. The van der Waals surface area contributed by atoms with Crippen LogP contribution in [-0.4, -0.2) is 50.1 Å². The summed E-state index contributed by atoms with van der Waals surface area (Å²) >= 11 is 0. The Balaban J connectivity index is 3.37. The fraction of sp³-hybridized carbons (Fsp3) is 0.929. The first-order valence-electron chi connectivity index (χ1n) is 7.13. The Morgan fingerprint density at radius 3 is 2.11 bits per heavy atom. The van der Waals surface area contributed by atoms with Gasteiger partial charge in [0.1, 0.15) is 0 Å². The molecule has 0 radical (unpaired) electrons. The molecular weight excluding hydrogens is 226 g/mol. The molecule has 0 heterocycles. The summed E-state index contributed by atoms with van der Waals surface area (Å²) in [4.78, 5) is 13.7. The van der Waals surface area contributed by atoms with Crippen LogP contribution in [0.3, 0.4) is 0 Å². The Morgan fingerprint density at radius 2 is 1.61 bits per heavy atom. The second kappa shape index (κ2) is 10.3. The molecule has 0 aliphatic heterocycles. The highest BCUT2D eigenvalue weighted by molar-refractivity contribution is 5.77. The third-order valence-electron chi connectivity index (χ3n) is 2.81. The molecule has 0 aliphatic rings. The molecule has 0 fully saturated rings. The predicted octanol–water partition coefficient (Wildman–Crippen LogP) is 1.47. The summed E-state index contributed by atoms with van der Waals surface area (Å²) in [6.45, 7) is 12.2. The second-order valence-corrected chi connectivity index (χ2v) is 5.56. The van der Waals surface area contributed by atoms with Gasteiger partial charge in [0.2, 0.25) is 5.91 Å². The third-order valence-corrected chi connectivity index (χ3v) is 2.81. The van der Waals surface area contributed by atoms with E-state index in [9.17, 15) is 4.79 Å². The van der Waals surface area contributed by atoms with Gasteiger partial charge in [-0.1, -0.05) is 27.7 Å². The number of amides is 1. The van der Waals surface area contributed by atoms with Gasteiger partial charge in [0, 0.05) is 18.5 Å². The first-order chi connectivity index (χ1) is 8.43. The molecule has 0 rings (SSSR count). The highest BCUT2D eigenvalue weighted by Crippen LogP contribution is 1.93. The van der Waals surface area contributed by atoms with Crippen LogP contribution in [-0.2, 0) is 4.79 Å². The molecule has 0 atom stereocenters. The minimum Gasteiger partial charge on any atom is -0.356 e. The van der Waals surface area contributed by atoms with E-state index < -0.39 is 0 Å². The van der Waals surface area contributed by atoms with Crippen molar-refractivity contribution in [1.29, 1.82) is 0 Å². The summed E-state index contributed by atoms with van der Waals surface area (Å²) in [7, 11) is 2.14. The molecule has 0 aromatic heterocycles. The Kier molecular flexibility index (Phi) is 9.98. The van der Waals surface area contributed by atoms with Crippen LogP contribution in [0.25, 0.3) is 0 Å². The zero-order valence-electron chi connectivity index (χ0n) is 12.8. The first kappa shape index (κ1) is 17.4. The van der Waals surface area contributed by atoms with Gasteiger partial charge < -0.3 is 15.5 Å².